The smallest absolute Gasteiger partial charge is 0.192 e. The molecule has 1 aliphatic carbocycles. The van der Waals surface area contributed by atoms with Gasteiger partial charge in [-0.25, -0.2) is 0 Å². The maximum atomic E-state index is 5.25. The molecule has 0 aromatic carbocycles. The fraction of sp³-hybridized carbons (Fsp3) is 0.400. The van der Waals surface area contributed by atoms with E-state index in [1.807, 2.05) is 23.0 Å². The molecule has 12 heavy (non-hydrogen) atoms. The van der Waals surface area contributed by atoms with Crippen LogP contribution < -0.4 is 0 Å². The van der Waals surface area contributed by atoms with Gasteiger partial charge in [0.25, 0.3) is 0 Å². The Morgan fingerprint density at radius 1 is 1.42 bits per heavy atom. The SMILES string of the molecule is CCCC1=C(OI)C=CCC=C1. The standard InChI is InChI=1S/C10H13IO/c1-2-6-9-7-4-3-5-8-10(9)12-11/h4-5,7-8H,2-3,6H2,1H3. The maximum Gasteiger partial charge on any atom is 0.192 e. The molecule has 0 heterocycles. The van der Waals surface area contributed by atoms with Crippen molar-refractivity contribution in [1.82, 2.24) is 0 Å². The first-order valence-electron chi connectivity index (χ1n) is 4.23. The lowest BCUT2D eigenvalue weighted by atomic mass is 10.1. The predicted octanol–water partition coefficient (Wildman–Crippen LogP) is 3.92. The van der Waals surface area contributed by atoms with Gasteiger partial charge in [-0.2, -0.15) is 0 Å². The summed E-state index contributed by atoms with van der Waals surface area (Å²) in [5.74, 6) is 1.01. The molecule has 0 atom stereocenters. The van der Waals surface area contributed by atoms with Crippen LogP contribution in [0.15, 0.2) is 35.6 Å². The van der Waals surface area contributed by atoms with E-state index < -0.39 is 0 Å². The zero-order valence-corrected chi connectivity index (χ0v) is 9.37. The lowest BCUT2D eigenvalue weighted by Gasteiger charge is -2.03. The molecule has 0 aliphatic heterocycles. The Bertz CT molecular complexity index is 226. The van der Waals surface area contributed by atoms with Gasteiger partial charge in [0.15, 0.2) is 23.0 Å². The minimum atomic E-state index is 1.01. The third kappa shape index (κ3) is 2.66. The van der Waals surface area contributed by atoms with E-state index in [4.69, 9.17) is 3.07 Å². The van der Waals surface area contributed by atoms with Crippen LogP contribution in [0.1, 0.15) is 26.2 Å². The molecular formula is C10H13IO. The average molecular weight is 276 g/mol. The highest BCUT2D eigenvalue weighted by Gasteiger charge is 2.02. The summed E-state index contributed by atoms with van der Waals surface area (Å²) < 4.78 is 5.25. The van der Waals surface area contributed by atoms with Gasteiger partial charge in [-0.05, 0) is 24.5 Å². The molecule has 0 N–H and O–H groups in total. The molecule has 0 aromatic rings. The third-order valence-electron chi connectivity index (χ3n) is 1.78. The van der Waals surface area contributed by atoms with E-state index in [0.29, 0.717) is 0 Å². The second-order valence-electron chi connectivity index (χ2n) is 2.76. The van der Waals surface area contributed by atoms with Gasteiger partial charge in [0, 0.05) is 0 Å². The Morgan fingerprint density at radius 2 is 2.17 bits per heavy atom. The van der Waals surface area contributed by atoms with Crippen molar-refractivity contribution in [3.05, 3.63) is 35.6 Å². The van der Waals surface area contributed by atoms with Crippen molar-refractivity contribution in [2.45, 2.75) is 26.2 Å². The molecule has 0 amide bonds. The van der Waals surface area contributed by atoms with Crippen molar-refractivity contribution in [3.63, 3.8) is 0 Å². The quantitative estimate of drug-likeness (QED) is 0.710. The van der Waals surface area contributed by atoms with Crippen molar-refractivity contribution < 1.29 is 3.07 Å². The van der Waals surface area contributed by atoms with E-state index in [-0.39, 0.29) is 0 Å². The van der Waals surface area contributed by atoms with Gasteiger partial charge in [0.1, 0.15) is 5.76 Å². The van der Waals surface area contributed by atoms with Crippen LogP contribution in [0, 0.1) is 0 Å². The van der Waals surface area contributed by atoms with Crippen LogP contribution >= 0.6 is 23.0 Å². The monoisotopic (exact) mass is 276 g/mol. The summed E-state index contributed by atoms with van der Waals surface area (Å²) in [6.07, 6.45) is 11.8. The Kier molecular flexibility index (Phi) is 4.43. The van der Waals surface area contributed by atoms with Crippen LogP contribution in [0.3, 0.4) is 0 Å². The summed E-state index contributed by atoms with van der Waals surface area (Å²) in [6, 6.07) is 0. The molecule has 0 radical (unpaired) electrons. The van der Waals surface area contributed by atoms with Gasteiger partial charge < -0.3 is 3.07 Å². The number of hydrogen-bond donors (Lipinski definition) is 0. The van der Waals surface area contributed by atoms with Crippen molar-refractivity contribution in [2.75, 3.05) is 0 Å². The van der Waals surface area contributed by atoms with Crippen molar-refractivity contribution in [1.29, 1.82) is 0 Å². The van der Waals surface area contributed by atoms with E-state index in [1.165, 1.54) is 5.57 Å². The van der Waals surface area contributed by atoms with Crippen LogP contribution in [0.2, 0.25) is 0 Å². The van der Waals surface area contributed by atoms with Crippen LogP contribution in [0.5, 0.6) is 0 Å². The van der Waals surface area contributed by atoms with Crippen LogP contribution in [0.25, 0.3) is 0 Å². The third-order valence-corrected chi connectivity index (χ3v) is 2.25. The molecule has 0 spiro atoms. The van der Waals surface area contributed by atoms with Gasteiger partial charge >= 0.3 is 0 Å². The Balaban J connectivity index is 2.82. The lowest BCUT2D eigenvalue weighted by Crippen LogP contribution is -1.85. The Hall–Kier alpha value is -0.250. The number of hydrogen-bond acceptors (Lipinski definition) is 1. The van der Waals surface area contributed by atoms with Crippen molar-refractivity contribution in [3.8, 4) is 0 Å². The average Bonchev–Trinajstić information content (AvgIpc) is 2.30. The number of rotatable bonds is 3. The zero-order valence-electron chi connectivity index (χ0n) is 7.22. The second-order valence-corrected chi connectivity index (χ2v) is 3.20. The highest BCUT2D eigenvalue weighted by Crippen LogP contribution is 2.20. The number of allylic oxidation sites excluding steroid dienone is 5. The van der Waals surface area contributed by atoms with Crippen LogP contribution in [-0.4, -0.2) is 0 Å². The second kappa shape index (κ2) is 5.41. The first kappa shape index (κ1) is 9.84. The summed E-state index contributed by atoms with van der Waals surface area (Å²) in [6.45, 7) is 2.18. The Labute approximate surface area is 87.9 Å². The first-order valence-corrected chi connectivity index (χ1v) is 5.11. The summed E-state index contributed by atoms with van der Waals surface area (Å²) in [7, 11) is 0. The minimum absolute atomic E-state index is 1.01. The van der Waals surface area contributed by atoms with E-state index in [9.17, 15) is 0 Å². The van der Waals surface area contributed by atoms with Crippen molar-refractivity contribution >= 4 is 23.0 Å². The zero-order chi connectivity index (χ0) is 8.81. The molecule has 2 heteroatoms. The van der Waals surface area contributed by atoms with E-state index in [2.05, 4.69) is 31.2 Å². The fourth-order valence-corrected chi connectivity index (χ4v) is 1.63. The molecule has 1 aliphatic rings. The summed E-state index contributed by atoms with van der Waals surface area (Å²) in [5, 5.41) is 0. The summed E-state index contributed by atoms with van der Waals surface area (Å²) >= 11 is 1.94. The molecule has 0 saturated carbocycles. The molecule has 66 valence electrons. The molecule has 1 rings (SSSR count). The number of halogens is 1. The highest BCUT2D eigenvalue weighted by molar-refractivity contribution is 14.1. The molecule has 0 fully saturated rings. The minimum Gasteiger partial charge on any atom is -0.427 e. The molecule has 0 saturated heterocycles. The van der Waals surface area contributed by atoms with Gasteiger partial charge in [-0.1, -0.05) is 31.6 Å². The van der Waals surface area contributed by atoms with Crippen LogP contribution in [-0.2, 0) is 3.07 Å². The summed E-state index contributed by atoms with van der Waals surface area (Å²) in [5.41, 5.74) is 1.31. The Morgan fingerprint density at radius 3 is 2.83 bits per heavy atom. The van der Waals surface area contributed by atoms with Gasteiger partial charge in [-0.15, -0.1) is 0 Å². The molecule has 0 bridgehead atoms. The lowest BCUT2D eigenvalue weighted by molar-refractivity contribution is 0.575. The largest absolute Gasteiger partial charge is 0.427 e. The van der Waals surface area contributed by atoms with E-state index in [0.717, 1.165) is 25.0 Å². The van der Waals surface area contributed by atoms with E-state index >= 15 is 0 Å². The topological polar surface area (TPSA) is 9.23 Å². The first-order chi connectivity index (χ1) is 5.88. The molecule has 0 unspecified atom stereocenters. The molecular weight excluding hydrogens is 263 g/mol. The highest BCUT2D eigenvalue weighted by atomic mass is 127. The van der Waals surface area contributed by atoms with Gasteiger partial charge in [0.2, 0.25) is 0 Å². The maximum absolute atomic E-state index is 5.25. The molecule has 1 nitrogen and oxygen atoms in total. The van der Waals surface area contributed by atoms with Gasteiger partial charge in [-0.3, -0.25) is 0 Å². The normalized spacial score (nSPS) is 16.5. The van der Waals surface area contributed by atoms with Gasteiger partial charge in [0.05, 0.1) is 0 Å². The van der Waals surface area contributed by atoms with E-state index in [1.54, 1.807) is 0 Å². The predicted molar refractivity (Wildman–Crippen MR) is 59.9 cm³/mol. The molecule has 0 aromatic heterocycles. The summed E-state index contributed by atoms with van der Waals surface area (Å²) in [4.78, 5) is 0. The van der Waals surface area contributed by atoms with Crippen molar-refractivity contribution in [2.24, 2.45) is 0 Å². The fourth-order valence-electron chi connectivity index (χ4n) is 1.20. The van der Waals surface area contributed by atoms with Crippen LogP contribution in [0.4, 0.5) is 0 Å².